The number of hydrogen-bond acceptors (Lipinski definition) is 0. The van der Waals surface area contributed by atoms with E-state index in [1.165, 1.54) is 21.7 Å². The second-order valence-corrected chi connectivity index (χ2v) is 10.3. The molecule has 4 rings (SSSR count). The third kappa shape index (κ3) is 3.61. The summed E-state index contributed by atoms with van der Waals surface area (Å²) >= 11 is 0. The van der Waals surface area contributed by atoms with Crippen molar-refractivity contribution in [2.75, 3.05) is 0 Å². The van der Waals surface area contributed by atoms with Gasteiger partial charge in [0, 0.05) is 0 Å². The van der Waals surface area contributed by atoms with Crippen LogP contribution in [0.2, 0.25) is 0 Å². The van der Waals surface area contributed by atoms with Crippen molar-refractivity contribution in [1.82, 2.24) is 0 Å². The highest BCUT2D eigenvalue weighted by atomic mass is 31.2. The maximum Gasteiger partial charge on any atom is 0.0621 e. The Morgan fingerprint density at radius 2 is 0.741 bits per heavy atom. The molecule has 0 amide bonds. The van der Waals surface area contributed by atoms with Crippen LogP contribution in [0.25, 0.3) is 0 Å². The zero-order chi connectivity index (χ0) is 18.5. The normalized spacial score (nSPS) is 11.5. The Labute approximate surface area is 165 Å². The molecule has 0 fully saturated rings. The van der Waals surface area contributed by atoms with E-state index in [1.807, 2.05) is 0 Å². The van der Waals surface area contributed by atoms with Crippen molar-refractivity contribution >= 4 is 27.8 Å². The molecule has 2 heteroatoms. The van der Waals surface area contributed by atoms with E-state index in [2.05, 4.69) is 131 Å². The molecule has 4 aromatic rings. The molecule has 0 bridgehead atoms. The molecule has 4 aromatic carbocycles. The lowest BCUT2D eigenvalue weighted by atomic mass is 10.0. The van der Waals surface area contributed by atoms with Gasteiger partial charge in [-0.25, -0.2) is 0 Å². The van der Waals surface area contributed by atoms with Crippen LogP contribution in [-0.2, 0) is 4.90 Å². The standard InChI is InChI=1S/C25H22P2/c26-25(21-13-5-1-6-14-21,22-15-7-2-8-16-22)27(23-17-9-3-10-18-23)24-19-11-4-12-20-24/h1-20H,26H2. The lowest BCUT2D eigenvalue weighted by Gasteiger charge is -2.40. The fourth-order valence-electron chi connectivity index (χ4n) is 3.52. The molecule has 0 spiro atoms. The summed E-state index contributed by atoms with van der Waals surface area (Å²) in [6.07, 6.45) is 0. The van der Waals surface area contributed by atoms with Crippen molar-refractivity contribution in [3.8, 4) is 0 Å². The van der Waals surface area contributed by atoms with E-state index >= 15 is 0 Å². The molecule has 0 aromatic heterocycles. The minimum absolute atomic E-state index is 0.208. The predicted octanol–water partition coefficient (Wildman–Crippen LogP) is 5.90. The van der Waals surface area contributed by atoms with E-state index in [-0.39, 0.29) is 4.90 Å². The molecular formula is C25H22P2. The second-order valence-electron chi connectivity index (χ2n) is 6.50. The Morgan fingerprint density at radius 3 is 1.07 bits per heavy atom. The molecule has 0 heterocycles. The average molecular weight is 384 g/mol. The summed E-state index contributed by atoms with van der Waals surface area (Å²) in [6.45, 7) is 0. The van der Waals surface area contributed by atoms with Gasteiger partial charge in [-0.15, -0.1) is 9.24 Å². The van der Waals surface area contributed by atoms with Gasteiger partial charge in [0.2, 0.25) is 0 Å². The van der Waals surface area contributed by atoms with Crippen LogP contribution >= 0.6 is 17.2 Å². The maximum atomic E-state index is 3.23. The van der Waals surface area contributed by atoms with Crippen LogP contribution in [0.4, 0.5) is 0 Å². The van der Waals surface area contributed by atoms with Crippen LogP contribution in [0.3, 0.4) is 0 Å². The van der Waals surface area contributed by atoms with Gasteiger partial charge in [-0.3, -0.25) is 0 Å². The van der Waals surface area contributed by atoms with Crippen molar-refractivity contribution in [2.24, 2.45) is 0 Å². The van der Waals surface area contributed by atoms with Gasteiger partial charge in [0.15, 0.2) is 0 Å². The van der Waals surface area contributed by atoms with Crippen LogP contribution in [0, 0.1) is 0 Å². The highest BCUT2D eigenvalue weighted by Gasteiger charge is 2.39. The van der Waals surface area contributed by atoms with Gasteiger partial charge in [0.25, 0.3) is 0 Å². The number of rotatable bonds is 5. The molecule has 0 aliphatic carbocycles. The zero-order valence-electron chi connectivity index (χ0n) is 15.1. The molecule has 1 unspecified atom stereocenters. The third-order valence-electron chi connectivity index (χ3n) is 4.81. The third-order valence-corrected chi connectivity index (χ3v) is 9.10. The molecule has 0 aliphatic rings. The van der Waals surface area contributed by atoms with Gasteiger partial charge >= 0.3 is 0 Å². The Balaban J connectivity index is 2.01. The second kappa shape index (κ2) is 8.18. The Bertz CT molecular complexity index is 889. The molecule has 0 N–H and O–H groups in total. The molecule has 0 saturated heterocycles. The first-order valence-electron chi connectivity index (χ1n) is 9.10. The summed E-state index contributed by atoms with van der Waals surface area (Å²) in [5.74, 6) is 0. The largest absolute Gasteiger partial charge is 0.116 e. The Kier molecular flexibility index (Phi) is 5.49. The van der Waals surface area contributed by atoms with Crippen molar-refractivity contribution in [2.45, 2.75) is 4.90 Å². The molecule has 1 atom stereocenters. The topological polar surface area (TPSA) is 0 Å². The SMILES string of the molecule is PC(c1ccccc1)(c1ccccc1)P(c1ccccc1)c1ccccc1. The van der Waals surface area contributed by atoms with E-state index in [9.17, 15) is 0 Å². The zero-order valence-corrected chi connectivity index (χ0v) is 17.1. The van der Waals surface area contributed by atoms with Crippen LogP contribution in [0.15, 0.2) is 121 Å². The van der Waals surface area contributed by atoms with Gasteiger partial charge in [-0.1, -0.05) is 121 Å². The number of hydrogen-bond donors (Lipinski definition) is 0. The van der Waals surface area contributed by atoms with E-state index in [1.54, 1.807) is 0 Å². The van der Waals surface area contributed by atoms with E-state index in [4.69, 9.17) is 0 Å². The summed E-state index contributed by atoms with van der Waals surface area (Å²) in [4.78, 5) is -0.208. The predicted molar refractivity (Wildman–Crippen MR) is 122 cm³/mol. The fourth-order valence-corrected chi connectivity index (χ4v) is 7.67. The van der Waals surface area contributed by atoms with Crippen LogP contribution < -0.4 is 10.6 Å². The molecular weight excluding hydrogens is 362 g/mol. The molecule has 0 nitrogen and oxygen atoms in total. The van der Waals surface area contributed by atoms with Gasteiger partial charge in [0.1, 0.15) is 0 Å². The van der Waals surface area contributed by atoms with Gasteiger partial charge in [-0.05, 0) is 29.7 Å². The Hall–Kier alpha value is -2.26. The van der Waals surface area contributed by atoms with E-state index in [0.29, 0.717) is 0 Å². The average Bonchev–Trinajstić information content (AvgIpc) is 2.76. The van der Waals surface area contributed by atoms with E-state index in [0.717, 1.165) is 0 Å². The van der Waals surface area contributed by atoms with Crippen molar-refractivity contribution < 1.29 is 0 Å². The minimum atomic E-state index is -0.686. The summed E-state index contributed by atoms with van der Waals surface area (Å²) < 4.78 is 0. The van der Waals surface area contributed by atoms with Crippen molar-refractivity contribution in [3.63, 3.8) is 0 Å². The maximum absolute atomic E-state index is 3.23. The van der Waals surface area contributed by atoms with Gasteiger partial charge in [0.05, 0.1) is 4.90 Å². The summed E-state index contributed by atoms with van der Waals surface area (Å²) in [5.41, 5.74) is 2.64. The highest BCUT2D eigenvalue weighted by molar-refractivity contribution is 7.79. The quantitative estimate of drug-likeness (QED) is 0.376. The van der Waals surface area contributed by atoms with Crippen LogP contribution in [0.5, 0.6) is 0 Å². The smallest absolute Gasteiger partial charge is 0.0621 e. The lowest BCUT2D eigenvalue weighted by molar-refractivity contribution is 1.06. The monoisotopic (exact) mass is 384 g/mol. The first-order chi connectivity index (χ1) is 13.3. The molecule has 27 heavy (non-hydrogen) atoms. The summed E-state index contributed by atoms with van der Waals surface area (Å²) in [6, 6.07) is 43.6. The van der Waals surface area contributed by atoms with Gasteiger partial charge < -0.3 is 0 Å². The highest BCUT2D eigenvalue weighted by Crippen LogP contribution is 2.62. The lowest BCUT2D eigenvalue weighted by Crippen LogP contribution is -2.28. The number of benzene rings is 4. The first-order valence-corrected chi connectivity index (χ1v) is 11.0. The Morgan fingerprint density at radius 1 is 0.444 bits per heavy atom. The molecule has 0 aliphatic heterocycles. The van der Waals surface area contributed by atoms with Crippen molar-refractivity contribution in [3.05, 3.63) is 132 Å². The van der Waals surface area contributed by atoms with Crippen LogP contribution in [0.1, 0.15) is 11.1 Å². The summed E-state index contributed by atoms with van der Waals surface area (Å²) in [7, 11) is 2.55. The van der Waals surface area contributed by atoms with Crippen LogP contribution in [-0.4, -0.2) is 0 Å². The molecule has 0 saturated carbocycles. The minimum Gasteiger partial charge on any atom is -0.116 e. The van der Waals surface area contributed by atoms with E-state index < -0.39 is 7.92 Å². The molecule has 132 valence electrons. The van der Waals surface area contributed by atoms with Gasteiger partial charge in [-0.2, -0.15) is 0 Å². The first kappa shape index (κ1) is 18.1. The fraction of sp³-hybridized carbons (Fsp3) is 0.0400. The molecule has 0 radical (unpaired) electrons. The van der Waals surface area contributed by atoms with Crippen molar-refractivity contribution in [1.29, 1.82) is 0 Å². The summed E-state index contributed by atoms with van der Waals surface area (Å²) in [5, 5.41) is 2.75.